The van der Waals surface area contributed by atoms with Crippen LogP contribution in [0.2, 0.25) is 0 Å². The second kappa shape index (κ2) is 2.71. The molecular weight excluding hydrogens is 74.1 g/mol. The summed E-state index contributed by atoms with van der Waals surface area (Å²) in [7, 11) is 0. The highest BCUT2D eigenvalue weighted by Gasteiger charge is 1.93. The summed E-state index contributed by atoms with van der Waals surface area (Å²) in [5, 5.41) is 0. The molecule has 0 saturated heterocycles. The van der Waals surface area contributed by atoms with Crippen molar-refractivity contribution in [3.05, 3.63) is 11.4 Å². The maximum Gasteiger partial charge on any atom is 0.220 e. The minimum absolute atomic E-state index is 0.227. The molecule has 1 nitrogen and oxygen atoms in total. The summed E-state index contributed by atoms with van der Waals surface area (Å²) in [5.41, 5.74) is 0. The van der Waals surface area contributed by atoms with E-state index in [1.807, 2.05) is 13.8 Å². The maximum atomic E-state index is 6.43. The molecule has 0 bridgehead atoms. The van der Waals surface area contributed by atoms with Gasteiger partial charge in [0.1, 0.15) is 0 Å². The van der Waals surface area contributed by atoms with Crippen molar-refractivity contribution in [3.8, 4) is 0 Å². The highest BCUT2D eigenvalue weighted by Crippen LogP contribution is 1.90. The van der Waals surface area contributed by atoms with E-state index in [0.717, 1.165) is 6.42 Å². The van der Waals surface area contributed by atoms with Crippen molar-refractivity contribution in [3.63, 3.8) is 0 Å². The molecule has 6 heavy (non-hydrogen) atoms. The van der Waals surface area contributed by atoms with Crippen LogP contribution in [-0.4, -0.2) is 6.04 Å². The van der Waals surface area contributed by atoms with Crippen LogP contribution in [0.5, 0.6) is 0 Å². The molecule has 1 heteroatoms. The summed E-state index contributed by atoms with van der Waals surface area (Å²) in [6.07, 6.45) is 0.976. The molecule has 0 N–H and O–H groups in total. The summed E-state index contributed by atoms with van der Waals surface area (Å²) in [6.45, 7) is 10.4. The number of hydrogen-bond donors (Lipinski definition) is 0. The fraction of sp³-hybridized carbons (Fsp3) is 0.800. The Kier molecular flexibility index (Phi) is 2.48. The Labute approximate surface area is 38.8 Å². The van der Waals surface area contributed by atoms with Crippen molar-refractivity contribution < 1.29 is 0 Å². The smallest absolute Gasteiger partial charge is 0.220 e. The van der Waals surface area contributed by atoms with Gasteiger partial charge in [0.15, 0.2) is 0 Å². The first-order valence-corrected chi connectivity index (χ1v) is 2.17. The van der Waals surface area contributed by atoms with Crippen LogP contribution >= 0.6 is 0 Å². The van der Waals surface area contributed by atoms with Crippen molar-refractivity contribution in [2.24, 2.45) is 0 Å². The average molecular weight is 83.1 g/mol. The van der Waals surface area contributed by atoms with Crippen LogP contribution in [-0.2, 0) is 0 Å². The molecule has 0 saturated carbocycles. The van der Waals surface area contributed by atoms with Crippen LogP contribution < -0.4 is 0 Å². The van der Waals surface area contributed by atoms with Gasteiger partial charge in [-0.25, -0.2) is 6.57 Å². The first-order chi connectivity index (χ1) is 2.81. The van der Waals surface area contributed by atoms with Gasteiger partial charge in [-0.2, -0.15) is 0 Å². The third-order valence-corrected chi connectivity index (χ3v) is 0.811. The molecule has 0 aliphatic rings. The van der Waals surface area contributed by atoms with Gasteiger partial charge < -0.3 is 4.85 Å². The van der Waals surface area contributed by atoms with Gasteiger partial charge in [0.25, 0.3) is 0 Å². The zero-order chi connectivity index (χ0) is 4.99. The minimum atomic E-state index is 0.227. The molecule has 0 unspecified atom stereocenters. The normalized spacial score (nSPS) is 12.8. The Balaban J connectivity index is 3.04. The number of hydrogen-bond acceptors (Lipinski definition) is 0. The Hall–Kier alpha value is -0.510. The predicted octanol–water partition coefficient (Wildman–Crippen LogP) is 1.70. The lowest BCUT2D eigenvalue weighted by atomic mass is 10.3. The van der Waals surface area contributed by atoms with E-state index in [0.29, 0.717) is 0 Å². The molecule has 0 heterocycles. The van der Waals surface area contributed by atoms with Crippen molar-refractivity contribution in [2.75, 3.05) is 0 Å². The van der Waals surface area contributed by atoms with E-state index >= 15 is 0 Å². The fourth-order valence-corrected chi connectivity index (χ4v) is 0.0913. The molecule has 0 aromatic heterocycles. The Morgan fingerprint density at radius 3 is 2.33 bits per heavy atom. The minimum Gasteiger partial charge on any atom is -0.314 e. The Bertz CT molecular complexity index is 60.8. The zero-order valence-electron chi connectivity index (χ0n) is 4.23. The number of rotatable bonds is 1. The fourth-order valence-electron chi connectivity index (χ4n) is 0.0913. The lowest BCUT2D eigenvalue weighted by Gasteiger charge is -1.84. The Morgan fingerprint density at radius 2 is 2.33 bits per heavy atom. The molecule has 0 aliphatic heterocycles. The molecule has 0 aliphatic carbocycles. The van der Waals surface area contributed by atoms with Gasteiger partial charge in [0.05, 0.1) is 0 Å². The van der Waals surface area contributed by atoms with Crippen molar-refractivity contribution >= 4 is 0 Å². The SMILES string of the molecule is [C-]#[N+][C@H](C)CC. The van der Waals surface area contributed by atoms with Crippen LogP contribution in [0.4, 0.5) is 0 Å². The van der Waals surface area contributed by atoms with Crippen LogP contribution in [0.3, 0.4) is 0 Å². The van der Waals surface area contributed by atoms with E-state index in [-0.39, 0.29) is 6.04 Å². The summed E-state index contributed by atoms with van der Waals surface area (Å²) in [5.74, 6) is 0. The first kappa shape index (κ1) is 5.49. The summed E-state index contributed by atoms with van der Waals surface area (Å²) in [4.78, 5) is 3.26. The maximum absolute atomic E-state index is 6.43. The molecule has 1 atom stereocenters. The topological polar surface area (TPSA) is 4.36 Å². The van der Waals surface area contributed by atoms with Gasteiger partial charge in [0.2, 0.25) is 6.04 Å². The van der Waals surface area contributed by atoms with Crippen LogP contribution in [0.25, 0.3) is 4.85 Å². The van der Waals surface area contributed by atoms with E-state index in [9.17, 15) is 0 Å². The second-order valence-corrected chi connectivity index (χ2v) is 1.39. The van der Waals surface area contributed by atoms with Crippen molar-refractivity contribution in [1.82, 2.24) is 0 Å². The molecule has 0 aromatic carbocycles. The molecule has 0 spiro atoms. The third kappa shape index (κ3) is 1.78. The van der Waals surface area contributed by atoms with Crippen molar-refractivity contribution in [2.45, 2.75) is 26.3 Å². The summed E-state index contributed by atoms with van der Waals surface area (Å²) < 4.78 is 0. The average Bonchev–Trinajstić information content (AvgIpc) is 1.65. The molecule has 34 valence electrons. The molecule has 0 amide bonds. The van der Waals surface area contributed by atoms with Gasteiger partial charge in [-0.1, -0.05) is 6.92 Å². The highest BCUT2D eigenvalue weighted by molar-refractivity contribution is 4.69. The van der Waals surface area contributed by atoms with E-state index < -0.39 is 0 Å². The highest BCUT2D eigenvalue weighted by atomic mass is 14.7. The van der Waals surface area contributed by atoms with Gasteiger partial charge in [-0.05, 0) is 0 Å². The lowest BCUT2D eigenvalue weighted by Crippen LogP contribution is -1.87. The lowest BCUT2D eigenvalue weighted by molar-refractivity contribution is 0.814. The molecule has 0 fully saturated rings. The molecule has 0 rings (SSSR count). The van der Waals surface area contributed by atoms with Gasteiger partial charge in [-0.15, -0.1) is 0 Å². The summed E-state index contributed by atoms with van der Waals surface area (Å²) in [6, 6.07) is 0.227. The third-order valence-electron chi connectivity index (χ3n) is 0.811. The van der Waals surface area contributed by atoms with Crippen LogP contribution in [0.1, 0.15) is 20.3 Å². The zero-order valence-corrected chi connectivity index (χ0v) is 4.23. The second-order valence-electron chi connectivity index (χ2n) is 1.39. The van der Waals surface area contributed by atoms with Gasteiger partial charge in [0, 0.05) is 13.3 Å². The summed E-state index contributed by atoms with van der Waals surface area (Å²) >= 11 is 0. The quantitative estimate of drug-likeness (QED) is 0.425. The van der Waals surface area contributed by atoms with E-state index in [4.69, 9.17) is 6.57 Å². The standard InChI is InChI=1S/C5H9N/c1-4-5(2)6-3/h5H,4H2,1-2H3/t5-/m1/s1. The first-order valence-electron chi connectivity index (χ1n) is 2.17. The van der Waals surface area contributed by atoms with Gasteiger partial charge >= 0.3 is 0 Å². The van der Waals surface area contributed by atoms with E-state index in [1.165, 1.54) is 0 Å². The number of nitrogens with zero attached hydrogens (tertiary/aromatic N) is 1. The van der Waals surface area contributed by atoms with E-state index in [1.54, 1.807) is 0 Å². The molecule has 0 radical (unpaired) electrons. The van der Waals surface area contributed by atoms with E-state index in [2.05, 4.69) is 4.85 Å². The van der Waals surface area contributed by atoms with Crippen LogP contribution in [0.15, 0.2) is 0 Å². The monoisotopic (exact) mass is 83.1 g/mol. The Morgan fingerprint density at radius 1 is 1.83 bits per heavy atom. The van der Waals surface area contributed by atoms with Crippen molar-refractivity contribution in [1.29, 1.82) is 0 Å². The largest absolute Gasteiger partial charge is 0.314 e. The molecule has 0 aromatic rings. The van der Waals surface area contributed by atoms with Crippen LogP contribution in [0, 0.1) is 6.57 Å². The predicted molar refractivity (Wildman–Crippen MR) is 26.4 cm³/mol. The molecular formula is C5H9N. The van der Waals surface area contributed by atoms with Gasteiger partial charge in [-0.3, -0.25) is 0 Å².